The average Bonchev–Trinajstić information content (AvgIpc) is 2.71. The minimum atomic E-state index is 0.578. The molecular weight excluding hydrogens is 240 g/mol. The van der Waals surface area contributed by atoms with Crippen LogP contribution in [0.3, 0.4) is 0 Å². The van der Waals surface area contributed by atoms with Crippen molar-refractivity contribution in [2.75, 3.05) is 0 Å². The van der Waals surface area contributed by atoms with Gasteiger partial charge in [-0.2, -0.15) is 0 Å². The Morgan fingerprint density at radius 1 is 1.22 bits per heavy atom. The molecule has 0 aliphatic rings. The van der Waals surface area contributed by atoms with Crippen LogP contribution in [0.2, 0.25) is 0 Å². The second-order valence-corrected chi connectivity index (χ2v) is 6.11. The van der Waals surface area contributed by atoms with Gasteiger partial charge in [-0.15, -0.1) is 11.3 Å². The Bertz CT molecular complexity index is 512. The zero-order valence-electron chi connectivity index (χ0n) is 11.2. The molecule has 0 spiro atoms. The minimum absolute atomic E-state index is 0.578. The van der Waals surface area contributed by atoms with Crippen LogP contribution in [0.15, 0.2) is 24.3 Å². The third-order valence-electron chi connectivity index (χ3n) is 2.92. The van der Waals surface area contributed by atoms with Crippen molar-refractivity contribution in [1.29, 1.82) is 0 Å². The van der Waals surface area contributed by atoms with Gasteiger partial charge in [0.1, 0.15) is 5.01 Å². The minimum Gasteiger partial charge on any atom is -0.326 e. The molecule has 0 radical (unpaired) electrons. The zero-order chi connectivity index (χ0) is 13.1. The van der Waals surface area contributed by atoms with E-state index >= 15 is 0 Å². The fourth-order valence-electron chi connectivity index (χ4n) is 2.00. The van der Waals surface area contributed by atoms with Crippen LogP contribution in [0, 0.1) is 12.8 Å². The van der Waals surface area contributed by atoms with Crippen molar-refractivity contribution in [3.8, 4) is 10.6 Å². The topological polar surface area (TPSA) is 38.9 Å². The quantitative estimate of drug-likeness (QED) is 0.908. The van der Waals surface area contributed by atoms with Crippen molar-refractivity contribution < 1.29 is 0 Å². The summed E-state index contributed by atoms with van der Waals surface area (Å²) in [6.45, 7) is 7.08. The Morgan fingerprint density at radius 2 is 1.89 bits per heavy atom. The highest BCUT2D eigenvalue weighted by Crippen LogP contribution is 2.28. The highest BCUT2D eigenvalue weighted by atomic mass is 32.1. The van der Waals surface area contributed by atoms with Crippen molar-refractivity contribution in [2.45, 2.75) is 33.7 Å². The maximum atomic E-state index is 5.69. The van der Waals surface area contributed by atoms with Crippen LogP contribution < -0.4 is 5.73 Å². The first-order valence-electron chi connectivity index (χ1n) is 6.36. The molecule has 0 saturated heterocycles. The van der Waals surface area contributed by atoms with E-state index in [0.717, 1.165) is 17.1 Å². The number of aromatic nitrogens is 1. The van der Waals surface area contributed by atoms with E-state index in [1.807, 2.05) is 6.92 Å². The SMILES string of the molecule is Cc1nc(-c2ccc(CC(C)C)cc2)sc1CN. The Morgan fingerprint density at radius 3 is 2.39 bits per heavy atom. The summed E-state index contributed by atoms with van der Waals surface area (Å²) in [6, 6.07) is 8.73. The number of benzene rings is 1. The van der Waals surface area contributed by atoms with Gasteiger partial charge in [0.05, 0.1) is 5.69 Å². The number of rotatable bonds is 4. The summed E-state index contributed by atoms with van der Waals surface area (Å²) in [5, 5.41) is 1.07. The lowest BCUT2D eigenvalue weighted by Crippen LogP contribution is -1.94. The molecule has 2 aromatic rings. The van der Waals surface area contributed by atoms with Crippen LogP contribution >= 0.6 is 11.3 Å². The number of nitrogens with zero attached hydrogens (tertiary/aromatic N) is 1. The number of hydrogen-bond donors (Lipinski definition) is 1. The molecular formula is C15H20N2S. The first kappa shape index (κ1) is 13.2. The van der Waals surface area contributed by atoms with Crippen LogP contribution in [0.25, 0.3) is 10.6 Å². The van der Waals surface area contributed by atoms with Gasteiger partial charge in [0.15, 0.2) is 0 Å². The highest BCUT2D eigenvalue weighted by Gasteiger charge is 2.08. The van der Waals surface area contributed by atoms with E-state index in [-0.39, 0.29) is 0 Å². The van der Waals surface area contributed by atoms with E-state index < -0.39 is 0 Å². The number of thiazole rings is 1. The maximum Gasteiger partial charge on any atom is 0.123 e. The predicted octanol–water partition coefficient (Wildman–Crippen LogP) is 3.78. The van der Waals surface area contributed by atoms with E-state index in [2.05, 4.69) is 43.1 Å². The second-order valence-electron chi connectivity index (χ2n) is 5.03. The molecule has 1 aromatic heterocycles. The fraction of sp³-hybridized carbons (Fsp3) is 0.400. The average molecular weight is 260 g/mol. The normalized spacial score (nSPS) is 11.2. The molecule has 0 aliphatic carbocycles. The van der Waals surface area contributed by atoms with Gasteiger partial charge < -0.3 is 5.73 Å². The molecule has 0 atom stereocenters. The monoisotopic (exact) mass is 260 g/mol. The Kier molecular flexibility index (Phi) is 4.15. The number of hydrogen-bond acceptors (Lipinski definition) is 3. The fourth-order valence-corrected chi connectivity index (χ4v) is 2.94. The second kappa shape index (κ2) is 5.63. The largest absolute Gasteiger partial charge is 0.326 e. The molecule has 2 nitrogen and oxygen atoms in total. The van der Waals surface area contributed by atoms with Gasteiger partial charge in [0.2, 0.25) is 0 Å². The van der Waals surface area contributed by atoms with Crippen LogP contribution in [-0.4, -0.2) is 4.98 Å². The summed E-state index contributed by atoms with van der Waals surface area (Å²) < 4.78 is 0. The van der Waals surface area contributed by atoms with Gasteiger partial charge in [-0.05, 0) is 24.8 Å². The lowest BCUT2D eigenvalue weighted by molar-refractivity contribution is 0.647. The molecule has 0 amide bonds. The van der Waals surface area contributed by atoms with E-state index in [1.165, 1.54) is 16.0 Å². The lowest BCUT2D eigenvalue weighted by atomic mass is 10.0. The number of nitrogens with two attached hydrogens (primary N) is 1. The molecule has 1 aromatic carbocycles. The zero-order valence-corrected chi connectivity index (χ0v) is 12.1. The molecule has 2 rings (SSSR count). The summed E-state index contributed by atoms with van der Waals surface area (Å²) in [4.78, 5) is 5.76. The third kappa shape index (κ3) is 2.98. The van der Waals surface area contributed by atoms with Crippen LogP contribution in [0.4, 0.5) is 0 Å². The van der Waals surface area contributed by atoms with Crippen molar-refractivity contribution in [3.05, 3.63) is 40.4 Å². The van der Waals surface area contributed by atoms with Crippen molar-refractivity contribution >= 4 is 11.3 Å². The first-order valence-corrected chi connectivity index (χ1v) is 7.17. The van der Waals surface area contributed by atoms with Crippen LogP contribution in [-0.2, 0) is 13.0 Å². The first-order chi connectivity index (χ1) is 8.60. The van der Waals surface area contributed by atoms with Gasteiger partial charge in [0.25, 0.3) is 0 Å². The molecule has 0 unspecified atom stereocenters. The van der Waals surface area contributed by atoms with Crippen LogP contribution in [0.1, 0.15) is 30.0 Å². The summed E-state index contributed by atoms with van der Waals surface area (Å²) in [5.74, 6) is 0.696. The molecule has 3 heteroatoms. The summed E-state index contributed by atoms with van der Waals surface area (Å²) >= 11 is 1.70. The molecule has 0 saturated carbocycles. The van der Waals surface area contributed by atoms with Gasteiger partial charge in [0, 0.05) is 17.0 Å². The Hall–Kier alpha value is -1.19. The molecule has 96 valence electrons. The number of aryl methyl sites for hydroxylation is 1. The standard InChI is InChI=1S/C15H20N2S/c1-10(2)8-12-4-6-13(7-5-12)15-17-11(3)14(9-16)18-15/h4-7,10H,8-9,16H2,1-3H3. The summed E-state index contributed by atoms with van der Waals surface area (Å²) in [6.07, 6.45) is 1.13. The maximum absolute atomic E-state index is 5.69. The smallest absolute Gasteiger partial charge is 0.123 e. The summed E-state index contributed by atoms with van der Waals surface area (Å²) in [7, 11) is 0. The van der Waals surface area contributed by atoms with Gasteiger partial charge in [-0.1, -0.05) is 38.1 Å². The molecule has 0 aliphatic heterocycles. The van der Waals surface area contributed by atoms with E-state index in [9.17, 15) is 0 Å². The van der Waals surface area contributed by atoms with Crippen molar-refractivity contribution in [2.24, 2.45) is 11.7 Å². The van der Waals surface area contributed by atoms with Gasteiger partial charge >= 0.3 is 0 Å². The molecule has 0 fully saturated rings. The van der Waals surface area contributed by atoms with E-state index in [0.29, 0.717) is 12.5 Å². The molecule has 2 N–H and O–H groups in total. The summed E-state index contributed by atoms with van der Waals surface area (Å²) in [5.41, 5.74) is 9.33. The Labute approximate surface area is 113 Å². The van der Waals surface area contributed by atoms with Crippen molar-refractivity contribution in [1.82, 2.24) is 4.98 Å². The van der Waals surface area contributed by atoms with E-state index in [4.69, 9.17) is 5.73 Å². The van der Waals surface area contributed by atoms with Gasteiger partial charge in [-0.3, -0.25) is 0 Å². The predicted molar refractivity (Wildman–Crippen MR) is 78.7 cm³/mol. The lowest BCUT2D eigenvalue weighted by Gasteiger charge is -2.05. The Balaban J connectivity index is 2.22. The molecule has 0 bridgehead atoms. The third-order valence-corrected chi connectivity index (χ3v) is 4.15. The van der Waals surface area contributed by atoms with Gasteiger partial charge in [-0.25, -0.2) is 4.98 Å². The molecule has 18 heavy (non-hydrogen) atoms. The highest BCUT2D eigenvalue weighted by molar-refractivity contribution is 7.15. The van der Waals surface area contributed by atoms with Crippen molar-refractivity contribution in [3.63, 3.8) is 0 Å². The van der Waals surface area contributed by atoms with E-state index in [1.54, 1.807) is 11.3 Å². The molecule has 1 heterocycles. The van der Waals surface area contributed by atoms with Crippen LogP contribution in [0.5, 0.6) is 0 Å².